The smallest absolute Gasteiger partial charge is 0.164 e. The number of amidine groups is 1. The Kier molecular flexibility index (Phi) is 5.00. The third-order valence-electron chi connectivity index (χ3n) is 5.44. The summed E-state index contributed by atoms with van der Waals surface area (Å²) in [7, 11) is 1.73. The van der Waals surface area contributed by atoms with Crippen LogP contribution in [0.5, 0.6) is 5.75 Å². The minimum atomic E-state index is -0.129. The lowest BCUT2D eigenvalue weighted by Crippen LogP contribution is -2.55. The number of benzene rings is 2. The summed E-state index contributed by atoms with van der Waals surface area (Å²) in [6.45, 7) is 8.38. The zero-order valence-electron chi connectivity index (χ0n) is 17.1. The molecular weight excluding hydrogens is 350 g/mol. The molecule has 148 valence electrons. The van der Waals surface area contributed by atoms with Gasteiger partial charge in [-0.25, -0.2) is 5.53 Å². The van der Waals surface area contributed by atoms with Gasteiger partial charge in [-0.2, -0.15) is 0 Å². The number of nitrogens with one attached hydrogen (secondary N) is 2. The Balaban J connectivity index is 1.77. The lowest BCUT2D eigenvalue weighted by molar-refractivity contribution is 0.138. The van der Waals surface area contributed by atoms with Crippen LogP contribution in [0.1, 0.15) is 43.5 Å². The number of hydrogen-bond acceptors (Lipinski definition) is 6. The molecule has 2 aliphatic heterocycles. The first kappa shape index (κ1) is 18.8. The monoisotopic (exact) mass is 379 g/mol. The largest absolute Gasteiger partial charge is 0.496 e. The van der Waals surface area contributed by atoms with Crippen molar-refractivity contribution in [2.45, 2.75) is 45.3 Å². The average Bonchev–Trinajstić information content (AvgIpc) is 3.18. The molecule has 0 bridgehead atoms. The second-order valence-electron chi connectivity index (χ2n) is 8.33. The van der Waals surface area contributed by atoms with Gasteiger partial charge in [0.2, 0.25) is 0 Å². The molecule has 0 aromatic heterocycles. The Bertz CT molecular complexity index is 873. The first-order chi connectivity index (χ1) is 13.5. The van der Waals surface area contributed by atoms with E-state index in [4.69, 9.17) is 4.74 Å². The Morgan fingerprint density at radius 2 is 1.75 bits per heavy atom. The Morgan fingerprint density at radius 1 is 1.04 bits per heavy atom. The van der Waals surface area contributed by atoms with Gasteiger partial charge in [-0.1, -0.05) is 42.5 Å². The summed E-state index contributed by atoms with van der Waals surface area (Å²) < 4.78 is 5.73. The molecule has 0 aliphatic carbocycles. The van der Waals surface area contributed by atoms with E-state index in [0.717, 1.165) is 36.7 Å². The first-order valence-electron chi connectivity index (χ1n) is 9.81. The predicted molar refractivity (Wildman–Crippen MR) is 112 cm³/mol. The van der Waals surface area contributed by atoms with Crippen LogP contribution in [-0.2, 0) is 13.0 Å². The molecule has 2 heterocycles. The quantitative estimate of drug-likeness (QED) is 0.854. The van der Waals surface area contributed by atoms with Crippen LogP contribution >= 0.6 is 0 Å². The van der Waals surface area contributed by atoms with Crippen molar-refractivity contribution in [3.8, 4) is 5.75 Å². The molecule has 0 fully saturated rings. The van der Waals surface area contributed by atoms with E-state index in [9.17, 15) is 0 Å². The lowest BCUT2D eigenvalue weighted by Gasteiger charge is -2.41. The molecule has 0 radical (unpaired) electrons. The van der Waals surface area contributed by atoms with Gasteiger partial charge in [0.15, 0.2) is 5.84 Å². The zero-order chi connectivity index (χ0) is 19.7. The van der Waals surface area contributed by atoms with Crippen molar-refractivity contribution in [2.24, 2.45) is 5.10 Å². The van der Waals surface area contributed by atoms with Gasteiger partial charge in [0.05, 0.1) is 12.6 Å². The number of hydrazine groups is 2. The summed E-state index contributed by atoms with van der Waals surface area (Å²) >= 11 is 0. The molecule has 2 aromatic carbocycles. The second kappa shape index (κ2) is 7.45. The predicted octanol–water partition coefficient (Wildman–Crippen LogP) is 3.23. The molecule has 2 aliphatic rings. The van der Waals surface area contributed by atoms with Gasteiger partial charge in [0.1, 0.15) is 11.8 Å². The van der Waals surface area contributed by atoms with E-state index in [1.807, 2.05) is 12.1 Å². The molecule has 0 spiro atoms. The fourth-order valence-corrected chi connectivity index (χ4v) is 4.06. The number of nitrogens with zero attached hydrogens (tertiary/aromatic N) is 3. The van der Waals surface area contributed by atoms with Crippen molar-refractivity contribution in [1.29, 1.82) is 0 Å². The van der Waals surface area contributed by atoms with Crippen molar-refractivity contribution >= 4 is 5.84 Å². The molecule has 2 N–H and O–H groups in total. The van der Waals surface area contributed by atoms with Gasteiger partial charge < -0.3 is 4.74 Å². The van der Waals surface area contributed by atoms with Crippen LogP contribution in [0.3, 0.4) is 0 Å². The maximum Gasteiger partial charge on any atom is 0.164 e. The number of ether oxygens (including phenoxy) is 1. The summed E-state index contributed by atoms with van der Waals surface area (Å²) in [6.07, 6.45) is 1.03. The summed E-state index contributed by atoms with van der Waals surface area (Å²) in [5.74, 6) is 1.84. The molecule has 0 saturated carbocycles. The third kappa shape index (κ3) is 3.45. The molecule has 0 saturated heterocycles. The maximum absolute atomic E-state index is 5.73. The number of rotatable bonds is 4. The first-order valence-corrected chi connectivity index (χ1v) is 9.81. The van der Waals surface area contributed by atoms with E-state index >= 15 is 0 Å². The van der Waals surface area contributed by atoms with Crippen LogP contribution < -0.4 is 15.8 Å². The Labute approximate surface area is 167 Å². The highest BCUT2D eigenvalue weighted by molar-refractivity contribution is 5.90. The number of methoxy groups -OCH3 is 1. The van der Waals surface area contributed by atoms with Crippen LogP contribution in [0.2, 0.25) is 0 Å². The topological polar surface area (TPSA) is 52.1 Å². The summed E-state index contributed by atoms with van der Waals surface area (Å²) in [6, 6.07) is 17.0. The van der Waals surface area contributed by atoms with E-state index in [2.05, 4.69) is 83.2 Å². The van der Waals surface area contributed by atoms with Gasteiger partial charge in [0.25, 0.3) is 0 Å². The Hall–Kier alpha value is -2.57. The molecular formula is C22H29N5O. The van der Waals surface area contributed by atoms with E-state index < -0.39 is 0 Å². The number of fused-ring (bicyclic) bond motifs is 1. The van der Waals surface area contributed by atoms with Crippen LogP contribution in [0.4, 0.5) is 0 Å². The van der Waals surface area contributed by atoms with Crippen LogP contribution in [-0.4, -0.2) is 34.9 Å². The van der Waals surface area contributed by atoms with E-state index in [1.165, 1.54) is 11.1 Å². The van der Waals surface area contributed by atoms with Crippen molar-refractivity contribution in [1.82, 2.24) is 21.0 Å². The molecule has 28 heavy (non-hydrogen) atoms. The zero-order valence-corrected chi connectivity index (χ0v) is 17.1. The molecule has 1 atom stereocenters. The Morgan fingerprint density at radius 3 is 2.50 bits per heavy atom. The lowest BCUT2D eigenvalue weighted by atomic mass is 9.94. The number of hydrogen-bond donors (Lipinski definition) is 2. The number of para-hydroxylation sites is 1. The second-order valence-corrected chi connectivity index (χ2v) is 8.33. The average molecular weight is 380 g/mol. The minimum Gasteiger partial charge on any atom is -0.496 e. The fraction of sp³-hybridized carbons (Fsp3) is 0.409. The van der Waals surface area contributed by atoms with Gasteiger partial charge in [-0.15, -0.1) is 10.6 Å². The van der Waals surface area contributed by atoms with E-state index in [0.29, 0.717) is 0 Å². The third-order valence-corrected chi connectivity index (χ3v) is 5.44. The van der Waals surface area contributed by atoms with E-state index in [-0.39, 0.29) is 11.6 Å². The molecule has 4 rings (SSSR count). The normalized spacial score (nSPS) is 18.3. The van der Waals surface area contributed by atoms with E-state index in [1.54, 1.807) is 7.11 Å². The van der Waals surface area contributed by atoms with Crippen molar-refractivity contribution in [3.63, 3.8) is 0 Å². The maximum atomic E-state index is 5.73. The van der Waals surface area contributed by atoms with Gasteiger partial charge >= 0.3 is 0 Å². The molecule has 1 unspecified atom stereocenters. The summed E-state index contributed by atoms with van der Waals surface area (Å²) in [4.78, 5) is 2.49. The highest BCUT2D eigenvalue weighted by Gasteiger charge is 2.39. The summed E-state index contributed by atoms with van der Waals surface area (Å²) in [5.41, 5.74) is 10.00. The highest BCUT2D eigenvalue weighted by Crippen LogP contribution is 2.36. The van der Waals surface area contributed by atoms with Gasteiger partial charge in [-0.05, 0) is 44.4 Å². The van der Waals surface area contributed by atoms with Crippen molar-refractivity contribution in [3.05, 3.63) is 65.2 Å². The molecule has 6 nitrogen and oxygen atoms in total. The summed E-state index contributed by atoms with van der Waals surface area (Å²) in [5, 5.41) is 6.77. The van der Waals surface area contributed by atoms with Gasteiger partial charge in [-0.3, -0.25) is 9.91 Å². The van der Waals surface area contributed by atoms with Crippen molar-refractivity contribution < 1.29 is 4.74 Å². The standard InChI is InChI=1S/C22H29N5O/c1-22(2,3)27-21(23-24-25-27)20(18-11-7-8-12-19(18)28-4)26-14-13-16-9-5-6-10-17(16)15-26/h5-12,20,24-25H,13-15H2,1-4H3. The molecule has 6 heteroatoms. The molecule has 0 amide bonds. The fourth-order valence-electron chi connectivity index (χ4n) is 4.06. The van der Waals surface area contributed by atoms with Crippen LogP contribution in [0, 0.1) is 0 Å². The minimum absolute atomic E-state index is 0.0220. The van der Waals surface area contributed by atoms with Crippen molar-refractivity contribution in [2.75, 3.05) is 13.7 Å². The van der Waals surface area contributed by atoms with Gasteiger partial charge in [0, 0.05) is 18.7 Å². The highest BCUT2D eigenvalue weighted by atomic mass is 16.5. The van der Waals surface area contributed by atoms with Crippen LogP contribution in [0.15, 0.2) is 53.6 Å². The van der Waals surface area contributed by atoms with Crippen LogP contribution in [0.25, 0.3) is 0 Å². The number of hydrazone groups is 1. The SMILES string of the molecule is COc1ccccc1C(C1=NNNN1C(C)(C)C)N1CCc2ccccc2C1. The molecule has 2 aromatic rings.